The number of morpholine rings is 1. The third kappa shape index (κ3) is 4.67. The molecule has 1 fully saturated rings. The van der Waals surface area contributed by atoms with Gasteiger partial charge in [0.1, 0.15) is 4.90 Å². The van der Waals surface area contributed by atoms with Gasteiger partial charge in [0.25, 0.3) is 0 Å². The van der Waals surface area contributed by atoms with E-state index in [0.29, 0.717) is 6.54 Å². The van der Waals surface area contributed by atoms with Crippen LogP contribution < -0.4 is 10.5 Å². The average Bonchev–Trinajstić information content (AvgIpc) is 2.55. The highest BCUT2D eigenvalue weighted by atomic mass is 35.5. The second kappa shape index (κ2) is 7.93. The Morgan fingerprint density at radius 1 is 1.38 bits per heavy atom. The van der Waals surface area contributed by atoms with E-state index >= 15 is 0 Å². The first-order chi connectivity index (χ1) is 11.3. The molecule has 1 aromatic rings. The van der Waals surface area contributed by atoms with Crippen LogP contribution >= 0.6 is 11.6 Å². The van der Waals surface area contributed by atoms with Gasteiger partial charge in [0.15, 0.2) is 6.10 Å². The molecule has 1 aromatic carbocycles. The van der Waals surface area contributed by atoms with Crippen LogP contribution in [0, 0.1) is 0 Å². The van der Waals surface area contributed by atoms with Gasteiger partial charge in [0.05, 0.1) is 18.2 Å². The van der Waals surface area contributed by atoms with Gasteiger partial charge in [-0.1, -0.05) is 23.7 Å². The molecule has 24 heavy (non-hydrogen) atoms. The summed E-state index contributed by atoms with van der Waals surface area (Å²) in [6.07, 6.45) is -0.877. The van der Waals surface area contributed by atoms with Crippen LogP contribution in [-0.2, 0) is 24.3 Å². The third-order valence-corrected chi connectivity index (χ3v) is 5.45. The molecule has 0 bridgehead atoms. The highest BCUT2D eigenvalue weighted by Gasteiger charge is 2.27. The zero-order valence-corrected chi connectivity index (χ0v) is 14.3. The largest absolute Gasteiger partial charge is 0.367 e. The number of nitrogens with two attached hydrogens (primary N) is 1. The van der Waals surface area contributed by atoms with Gasteiger partial charge in [-0.05, 0) is 12.1 Å². The van der Waals surface area contributed by atoms with Crippen molar-refractivity contribution in [3.63, 3.8) is 0 Å². The van der Waals surface area contributed by atoms with Crippen LogP contribution in [0.5, 0.6) is 0 Å². The van der Waals surface area contributed by atoms with E-state index in [1.165, 1.54) is 17.0 Å². The summed E-state index contributed by atoms with van der Waals surface area (Å²) in [5.74, 6) is -0.918. The van der Waals surface area contributed by atoms with Crippen LogP contribution in [0.1, 0.15) is 6.42 Å². The van der Waals surface area contributed by atoms with Crippen LogP contribution in [-0.4, -0.2) is 57.5 Å². The van der Waals surface area contributed by atoms with Crippen molar-refractivity contribution in [1.29, 1.82) is 0 Å². The lowest BCUT2D eigenvalue weighted by molar-refractivity contribution is -0.145. The van der Waals surface area contributed by atoms with Gasteiger partial charge in [-0.25, -0.2) is 13.1 Å². The number of nitrogens with one attached hydrogen (secondary N) is 1. The fourth-order valence-electron chi connectivity index (χ4n) is 2.24. The van der Waals surface area contributed by atoms with Crippen molar-refractivity contribution in [2.75, 3.05) is 26.2 Å². The molecule has 8 nitrogen and oxygen atoms in total. The topological polar surface area (TPSA) is 119 Å². The molecule has 2 amide bonds. The summed E-state index contributed by atoms with van der Waals surface area (Å²) in [7, 11) is -3.79. The molecule has 1 heterocycles. The number of ether oxygens (including phenoxy) is 1. The monoisotopic (exact) mass is 375 g/mol. The maximum atomic E-state index is 12.2. The van der Waals surface area contributed by atoms with E-state index in [4.69, 9.17) is 22.1 Å². The first-order valence-electron chi connectivity index (χ1n) is 7.24. The lowest BCUT2D eigenvalue weighted by Crippen LogP contribution is -2.50. The fraction of sp³-hybridized carbons (Fsp3) is 0.429. The Morgan fingerprint density at radius 3 is 2.75 bits per heavy atom. The summed E-state index contributed by atoms with van der Waals surface area (Å²) in [6, 6.07) is 6.03. The third-order valence-electron chi connectivity index (χ3n) is 3.49. The second-order valence-electron chi connectivity index (χ2n) is 5.18. The zero-order valence-electron chi connectivity index (χ0n) is 12.8. The minimum absolute atomic E-state index is 0.0423. The molecule has 0 spiro atoms. The molecule has 1 unspecified atom stereocenters. The number of amides is 2. The number of hydrogen-bond acceptors (Lipinski definition) is 5. The minimum Gasteiger partial charge on any atom is -0.367 e. The standard InChI is InChI=1S/C14H18ClN3O5S/c15-10-3-1-2-4-12(10)24(21,22)17-6-5-13(19)18-7-8-23-11(9-18)14(16)20/h1-4,11,17H,5-9H2,(H2,16,20). The van der Waals surface area contributed by atoms with Crippen molar-refractivity contribution in [3.8, 4) is 0 Å². The number of primary amides is 1. The van der Waals surface area contributed by atoms with Crippen molar-refractivity contribution in [2.24, 2.45) is 5.73 Å². The number of hydrogen-bond donors (Lipinski definition) is 2. The number of nitrogens with zero attached hydrogens (tertiary/aromatic N) is 1. The van der Waals surface area contributed by atoms with Gasteiger partial charge in [-0.3, -0.25) is 9.59 Å². The summed E-state index contributed by atoms with van der Waals surface area (Å²) in [5.41, 5.74) is 5.16. The Hall–Kier alpha value is -1.68. The molecule has 0 aromatic heterocycles. The highest BCUT2D eigenvalue weighted by molar-refractivity contribution is 7.89. The molecule has 1 saturated heterocycles. The first kappa shape index (κ1) is 18.7. The van der Waals surface area contributed by atoms with E-state index in [1.807, 2.05) is 0 Å². The summed E-state index contributed by atoms with van der Waals surface area (Å²) >= 11 is 5.87. The van der Waals surface area contributed by atoms with Crippen molar-refractivity contribution in [1.82, 2.24) is 9.62 Å². The molecule has 3 N–H and O–H groups in total. The van der Waals surface area contributed by atoms with Crippen molar-refractivity contribution < 1.29 is 22.7 Å². The summed E-state index contributed by atoms with van der Waals surface area (Å²) in [4.78, 5) is 24.6. The number of benzene rings is 1. The maximum Gasteiger partial charge on any atom is 0.248 e. The molecule has 2 rings (SSSR count). The lowest BCUT2D eigenvalue weighted by atomic mass is 10.2. The van der Waals surface area contributed by atoms with Crippen molar-refractivity contribution >= 4 is 33.4 Å². The SMILES string of the molecule is NC(=O)C1CN(C(=O)CCNS(=O)(=O)c2ccccc2Cl)CCO1. The Morgan fingerprint density at radius 2 is 2.08 bits per heavy atom. The number of sulfonamides is 1. The molecule has 1 atom stereocenters. The first-order valence-corrected chi connectivity index (χ1v) is 9.10. The molecule has 1 aliphatic heterocycles. The summed E-state index contributed by atoms with van der Waals surface area (Å²) in [5, 5.41) is 0.105. The normalized spacial score (nSPS) is 18.4. The molecule has 0 aliphatic carbocycles. The van der Waals surface area contributed by atoms with E-state index in [1.54, 1.807) is 12.1 Å². The van der Waals surface area contributed by atoms with Gasteiger partial charge < -0.3 is 15.4 Å². The van der Waals surface area contributed by atoms with Gasteiger partial charge in [-0.15, -0.1) is 0 Å². The van der Waals surface area contributed by atoms with Gasteiger partial charge >= 0.3 is 0 Å². The molecule has 0 radical (unpaired) electrons. The zero-order chi connectivity index (χ0) is 17.7. The summed E-state index contributed by atoms with van der Waals surface area (Å²) < 4.78 is 31.8. The van der Waals surface area contributed by atoms with Gasteiger partial charge in [-0.2, -0.15) is 0 Å². The Labute approximate surface area is 144 Å². The van der Waals surface area contributed by atoms with Crippen LogP contribution in [0.3, 0.4) is 0 Å². The smallest absolute Gasteiger partial charge is 0.248 e. The van der Waals surface area contributed by atoms with E-state index in [2.05, 4.69) is 4.72 Å². The van der Waals surface area contributed by atoms with Crippen LogP contribution in [0.2, 0.25) is 5.02 Å². The minimum atomic E-state index is -3.79. The molecular formula is C14H18ClN3O5S. The van der Waals surface area contributed by atoms with Crippen LogP contribution in [0.4, 0.5) is 0 Å². The highest BCUT2D eigenvalue weighted by Crippen LogP contribution is 2.20. The Bertz CT molecular complexity index is 725. The van der Waals surface area contributed by atoms with E-state index in [9.17, 15) is 18.0 Å². The molecule has 0 saturated carbocycles. The van der Waals surface area contributed by atoms with Crippen LogP contribution in [0.15, 0.2) is 29.2 Å². The van der Waals surface area contributed by atoms with Gasteiger partial charge in [0, 0.05) is 19.5 Å². The average molecular weight is 376 g/mol. The van der Waals surface area contributed by atoms with E-state index < -0.39 is 22.0 Å². The molecule has 132 valence electrons. The van der Waals surface area contributed by atoms with Crippen LogP contribution in [0.25, 0.3) is 0 Å². The Kier molecular flexibility index (Phi) is 6.16. The Balaban J connectivity index is 1.88. The quantitative estimate of drug-likeness (QED) is 0.708. The molecule has 1 aliphatic rings. The lowest BCUT2D eigenvalue weighted by Gasteiger charge is -2.31. The van der Waals surface area contributed by atoms with E-state index in [-0.39, 0.29) is 41.9 Å². The molecular weight excluding hydrogens is 358 g/mol. The van der Waals surface area contributed by atoms with Crippen molar-refractivity contribution in [2.45, 2.75) is 17.4 Å². The van der Waals surface area contributed by atoms with Crippen molar-refractivity contribution in [3.05, 3.63) is 29.3 Å². The molecule has 10 heteroatoms. The number of carbonyl (C=O) groups is 2. The predicted octanol–water partition coefficient (Wildman–Crippen LogP) is -0.279. The fourth-order valence-corrected chi connectivity index (χ4v) is 3.79. The predicted molar refractivity (Wildman–Crippen MR) is 86.8 cm³/mol. The number of halogens is 1. The van der Waals surface area contributed by atoms with Gasteiger partial charge in [0.2, 0.25) is 21.8 Å². The number of rotatable bonds is 6. The summed E-state index contributed by atoms with van der Waals surface area (Å²) in [6.45, 7) is 0.543. The maximum absolute atomic E-state index is 12.2. The number of carbonyl (C=O) groups excluding carboxylic acids is 2. The van der Waals surface area contributed by atoms with E-state index in [0.717, 1.165) is 0 Å². The second-order valence-corrected chi connectivity index (χ2v) is 7.32.